The first-order valence-electron chi connectivity index (χ1n) is 15.5. The maximum atomic E-state index is 14.5. The monoisotopic (exact) mass is 577 g/mol. The van der Waals surface area contributed by atoms with Crippen LogP contribution in [0.1, 0.15) is 43.2 Å². The van der Waals surface area contributed by atoms with Crippen molar-refractivity contribution in [3.63, 3.8) is 0 Å². The molecule has 4 atom stereocenters. The molecule has 8 rings (SSSR count). The van der Waals surface area contributed by atoms with Gasteiger partial charge in [-0.05, 0) is 85.5 Å². The number of hydrogen-bond acceptors (Lipinski definition) is 7. The average molecular weight is 578 g/mol. The lowest BCUT2D eigenvalue weighted by atomic mass is 9.91. The predicted octanol–water partition coefficient (Wildman–Crippen LogP) is 5.34. The number of nitrogens with one attached hydrogen (secondary N) is 1. The van der Waals surface area contributed by atoms with Crippen molar-refractivity contribution in [2.75, 3.05) is 37.7 Å². The topological polar surface area (TPSA) is 73.8 Å². The van der Waals surface area contributed by atoms with Crippen LogP contribution in [-0.4, -0.2) is 76.6 Å². The van der Waals surface area contributed by atoms with Crippen LogP contribution in [-0.2, 0) is 0 Å². The molecule has 2 unspecified atom stereocenters. The van der Waals surface area contributed by atoms with Crippen molar-refractivity contribution in [1.82, 2.24) is 20.2 Å². The van der Waals surface area contributed by atoms with Crippen LogP contribution in [0.15, 0.2) is 42.5 Å². The van der Waals surface area contributed by atoms with Gasteiger partial charge in [-0.3, -0.25) is 4.90 Å². The van der Waals surface area contributed by atoms with Gasteiger partial charge in [0, 0.05) is 54.5 Å². The van der Waals surface area contributed by atoms with Gasteiger partial charge in [-0.25, -0.2) is 4.39 Å². The summed E-state index contributed by atoms with van der Waals surface area (Å²) in [7, 11) is 0. The average Bonchev–Trinajstić information content (AvgIpc) is 3.65. The number of halogens is 1. The molecule has 5 heterocycles. The third-order valence-corrected chi connectivity index (χ3v) is 10.2. The van der Waals surface area contributed by atoms with E-state index in [1.807, 2.05) is 18.2 Å². The van der Waals surface area contributed by atoms with E-state index in [1.165, 1.54) is 12.8 Å². The van der Waals surface area contributed by atoms with Crippen LogP contribution < -0.4 is 15.0 Å². The van der Waals surface area contributed by atoms with Crippen LogP contribution in [0.5, 0.6) is 11.8 Å². The fraction of sp³-hybridized carbons (Fsp3) is 0.429. The zero-order chi connectivity index (χ0) is 29.3. The number of aryl methyl sites for hydroxylation is 1. The number of hydrogen-bond donors (Lipinski definition) is 2. The molecule has 4 saturated heterocycles. The van der Waals surface area contributed by atoms with Crippen LogP contribution >= 0.6 is 0 Å². The number of aromatic hydroxyl groups is 1. The highest BCUT2D eigenvalue weighted by Gasteiger charge is 2.49. The van der Waals surface area contributed by atoms with Crippen molar-refractivity contribution in [1.29, 1.82) is 0 Å². The van der Waals surface area contributed by atoms with Gasteiger partial charge in [-0.15, -0.1) is 6.42 Å². The zero-order valence-electron chi connectivity index (χ0n) is 24.4. The number of phenols is 1. The van der Waals surface area contributed by atoms with Gasteiger partial charge in [0.2, 0.25) is 0 Å². The molecule has 0 radical (unpaired) electrons. The maximum Gasteiger partial charge on any atom is 0.319 e. The molecule has 4 aliphatic heterocycles. The molecule has 0 aliphatic carbocycles. The van der Waals surface area contributed by atoms with E-state index in [-0.39, 0.29) is 11.3 Å². The first-order valence-corrected chi connectivity index (χ1v) is 15.5. The Morgan fingerprint density at radius 2 is 1.95 bits per heavy atom. The first kappa shape index (κ1) is 26.7. The van der Waals surface area contributed by atoms with Crippen molar-refractivity contribution >= 4 is 27.5 Å². The van der Waals surface area contributed by atoms with Crippen LogP contribution in [0.2, 0.25) is 0 Å². The minimum atomic E-state index is -0.817. The summed E-state index contributed by atoms with van der Waals surface area (Å²) in [5.74, 6) is 3.89. The van der Waals surface area contributed by atoms with Crippen LogP contribution in [0.4, 0.5) is 10.2 Å². The summed E-state index contributed by atoms with van der Waals surface area (Å²) in [5, 5.41) is 17.2. The van der Waals surface area contributed by atoms with E-state index in [0.29, 0.717) is 37.7 Å². The Morgan fingerprint density at radius 1 is 1.12 bits per heavy atom. The molecule has 2 N–H and O–H groups in total. The molecule has 4 fully saturated rings. The van der Waals surface area contributed by atoms with Gasteiger partial charge in [0.15, 0.2) is 0 Å². The largest absolute Gasteiger partial charge is 0.508 e. The minimum absolute atomic E-state index is 0.183. The number of fused-ring (bicyclic) bond motifs is 5. The molecule has 8 heteroatoms. The van der Waals surface area contributed by atoms with Gasteiger partial charge < -0.3 is 20.1 Å². The number of piperazine rings is 1. The lowest BCUT2D eigenvalue weighted by Gasteiger charge is -2.35. The fourth-order valence-corrected chi connectivity index (χ4v) is 8.26. The van der Waals surface area contributed by atoms with Gasteiger partial charge in [-0.1, -0.05) is 24.1 Å². The molecule has 4 aliphatic rings. The van der Waals surface area contributed by atoms with E-state index in [1.54, 1.807) is 12.1 Å². The number of nitrogens with zero attached hydrogens (tertiary/aromatic N) is 4. The van der Waals surface area contributed by atoms with Crippen LogP contribution in [0.3, 0.4) is 0 Å². The van der Waals surface area contributed by atoms with E-state index in [2.05, 4.69) is 40.1 Å². The van der Waals surface area contributed by atoms with Crippen LogP contribution in [0.25, 0.3) is 32.8 Å². The number of aromatic nitrogens is 2. The third-order valence-electron chi connectivity index (χ3n) is 10.2. The normalized spacial score (nSPS) is 26.7. The number of ether oxygens (including phenoxy) is 1. The van der Waals surface area contributed by atoms with E-state index in [0.717, 1.165) is 82.2 Å². The second-order valence-corrected chi connectivity index (χ2v) is 12.9. The summed E-state index contributed by atoms with van der Waals surface area (Å²) in [5.41, 5.74) is 4.09. The molecule has 3 aromatic carbocycles. The lowest BCUT2D eigenvalue weighted by molar-refractivity contribution is 0.107. The highest BCUT2D eigenvalue weighted by Crippen LogP contribution is 2.42. The molecular weight excluding hydrogens is 541 g/mol. The molecule has 1 aromatic heterocycles. The Balaban J connectivity index is 1.27. The Labute approximate surface area is 251 Å². The molecule has 43 heavy (non-hydrogen) atoms. The molecule has 2 bridgehead atoms. The minimum Gasteiger partial charge on any atom is -0.508 e. The summed E-state index contributed by atoms with van der Waals surface area (Å²) in [6.07, 6.45) is 9.93. The molecule has 0 spiro atoms. The molecule has 0 saturated carbocycles. The summed E-state index contributed by atoms with van der Waals surface area (Å²) >= 11 is 0. The second kappa shape index (κ2) is 10.1. The first-order chi connectivity index (χ1) is 20.9. The third kappa shape index (κ3) is 4.40. The summed E-state index contributed by atoms with van der Waals surface area (Å²) in [6.45, 7) is 5.61. The van der Waals surface area contributed by atoms with Gasteiger partial charge in [0.1, 0.15) is 24.3 Å². The maximum absolute atomic E-state index is 14.5. The standard InChI is InChI=1S/C35H36FN5O2/c1-3-22-6-4-7-23-14-27(42)15-30(31(22)23)28-10-11-29-32(21(28)2)38-34(39-33(29)40-18-25-8-9-26(19-40)37-25)43-20-35-12-5-13-41(35)17-24(36)16-35/h1,4,6-7,10-11,14-15,24-26,37,42H,5,8-9,12-13,16-20H2,2H3/t24-,25?,26?,35+/m1/s1. The molecule has 220 valence electrons. The van der Waals surface area contributed by atoms with E-state index >= 15 is 0 Å². The van der Waals surface area contributed by atoms with Gasteiger partial charge in [-0.2, -0.15) is 9.97 Å². The molecule has 0 amide bonds. The van der Waals surface area contributed by atoms with Crippen molar-refractivity contribution in [3.05, 3.63) is 53.6 Å². The van der Waals surface area contributed by atoms with Crippen molar-refractivity contribution in [3.8, 4) is 35.2 Å². The van der Waals surface area contributed by atoms with E-state index in [4.69, 9.17) is 21.1 Å². The second-order valence-electron chi connectivity index (χ2n) is 12.9. The Hall–Kier alpha value is -3.93. The number of benzene rings is 3. The Bertz CT molecular complexity index is 1790. The van der Waals surface area contributed by atoms with E-state index < -0.39 is 6.17 Å². The number of phenolic OH excluding ortho intramolecular Hbond substituents is 1. The summed E-state index contributed by atoms with van der Waals surface area (Å²) < 4.78 is 20.9. The molecular formula is C35H36FN5O2. The number of anilines is 1. The molecule has 7 nitrogen and oxygen atoms in total. The summed E-state index contributed by atoms with van der Waals surface area (Å²) in [4.78, 5) is 14.7. The van der Waals surface area contributed by atoms with Crippen LogP contribution in [0, 0.1) is 19.3 Å². The SMILES string of the molecule is C#Cc1cccc2cc(O)cc(-c3ccc4c(N5CC6CCC(C5)N6)nc(OC[C@@]56CCCN5C[C@H](F)C6)nc4c3C)c12. The Morgan fingerprint density at radius 3 is 2.77 bits per heavy atom. The van der Waals surface area contributed by atoms with E-state index in [9.17, 15) is 9.50 Å². The van der Waals surface area contributed by atoms with Crippen molar-refractivity contribution in [2.24, 2.45) is 0 Å². The van der Waals surface area contributed by atoms with Crippen molar-refractivity contribution in [2.45, 2.75) is 62.8 Å². The smallest absolute Gasteiger partial charge is 0.319 e. The summed E-state index contributed by atoms with van der Waals surface area (Å²) in [6, 6.07) is 14.8. The van der Waals surface area contributed by atoms with Gasteiger partial charge in [0.05, 0.1) is 11.1 Å². The lowest BCUT2D eigenvalue weighted by Crippen LogP contribution is -2.51. The van der Waals surface area contributed by atoms with Gasteiger partial charge >= 0.3 is 6.01 Å². The predicted molar refractivity (Wildman–Crippen MR) is 168 cm³/mol. The van der Waals surface area contributed by atoms with Crippen molar-refractivity contribution < 1.29 is 14.2 Å². The van der Waals surface area contributed by atoms with Gasteiger partial charge in [0.25, 0.3) is 0 Å². The zero-order valence-corrected chi connectivity index (χ0v) is 24.4. The Kier molecular flexibility index (Phi) is 6.25. The highest BCUT2D eigenvalue weighted by atomic mass is 19.1. The molecule has 4 aromatic rings. The highest BCUT2D eigenvalue weighted by molar-refractivity contribution is 6.05. The quantitative estimate of drug-likeness (QED) is 0.310. The number of rotatable bonds is 5. The number of alkyl halides is 1. The fourth-order valence-electron chi connectivity index (χ4n) is 8.26. The number of terminal acetylenes is 1.